The molecule has 0 amide bonds. The van der Waals surface area contributed by atoms with Gasteiger partial charge in [-0.25, -0.2) is 20.6 Å². The fourth-order valence-electron chi connectivity index (χ4n) is 2.06. The van der Waals surface area contributed by atoms with Gasteiger partial charge in [-0.05, 0) is 24.3 Å². The van der Waals surface area contributed by atoms with Gasteiger partial charge in [0.25, 0.3) is 0 Å². The molecule has 8 heteroatoms. The van der Waals surface area contributed by atoms with Gasteiger partial charge in [0, 0.05) is 20.2 Å². The van der Waals surface area contributed by atoms with E-state index in [1.54, 1.807) is 18.2 Å². The predicted molar refractivity (Wildman–Crippen MR) is 98.1 cm³/mol. The van der Waals surface area contributed by atoms with Crippen LogP contribution in [-0.2, 0) is 4.84 Å². The summed E-state index contributed by atoms with van der Waals surface area (Å²) in [7, 11) is 0. The van der Waals surface area contributed by atoms with Gasteiger partial charge in [-0.3, -0.25) is 0 Å². The topological polar surface area (TPSA) is 63.1 Å². The highest BCUT2D eigenvalue weighted by molar-refractivity contribution is 7.85. The van der Waals surface area contributed by atoms with Crippen LogP contribution in [-0.4, -0.2) is 11.1 Å². The lowest BCUT2D eigenvalue weighted by molar-refractivity contribution is -0.137. The number of nitrogens with zero attached hydrogens (tertiary/aromatic N) is 1. The van der Waals surface area contributed by atoms with Gasteiger partial charge in [0.1, 0.15) is 0 Å². The molecule has 1 aliphatic rings. The fraction of sp³-hybridized carbons (Fsp3) is 0.133. The molecule has 2 N–H and O–H groups in total. The first kappa shape index (κ1) is 18.0. The number of aliphatic imine (C=N–C) groups is 1. The Morgan fingerprint density at radius 2 is 1.78 bits per heavy atom. The van der Waals surface area contributed by atoms with E-state index in [1.165, 1.54) is 0 Å². The van der Waals surface area contributed by atoms with Gasteiger partial charge >= 0.3 is 0 Å². The summed E-state index contributed by atoms with van der Waals surface area (Å²) in [6, 6.07) is 10.6. The molecular weight excluding hydrogens is 352 g/mol. The van der Waals surface area contributed by atoms with Crippen LogP contribution < -0.4 is 10.4 Å². The number of hydrogen-bond acceptors (Lipinski definition) is 8. The second-order valence-electron chi connectivity index (χ2n) is 4.55. The van der Waals surface area contributed by atoms with E-state index in [9.17, 15) is 0 Å². The van der Waals surface area contributed by atoms with Crippen LogP contribution in [0.4, 0.5) is 0 Å². The third-order valence-electron chi connectivity index (χ3n) is 3.13. The second-order valence-corrected chi connectivity index (χ2v) is 5.96. The number of amidine groups is 1. The van der Waals surface area contributed by atoms with Crippen molar-refractivity contribution in [3.63, 3.8) is 0 Å². The van der Waals surface area contributed by atoms with Crippen LogP contribution >= 0.6 is 37.9 Å². The number of nitrogens with one attached hydrogen (secondary N) is 1. The molecule has 0 radical (unpaired) electrons. The standard InChI is InChI=1S/C14H12N2O3S3.CH4/c17-19-9-4-2-1-3-8(9)13-15-14(18-16-13)7-5-10(20)12(22)11(21)6-7;/h1-6,14,17,20-22H,(H,15,16);1H4. The third-order valence-corrected chi connectivity index (χ3v) is 4.67. The van der Waals surface area contributed by atoms with Crippen molar-refractivity contribution in [2.75, 3.05) is 0 Å². The Bertz CT molecular complexity index is 729. The summed E-state index contributed by atoms with van der Waals surface area (Å²) >= 11 is 13.0. The molecule has 0 bridgehead atoms. The van der Waals surface area contributed by atoms with E-state index < -0.39 is 6.23 Å². The van der Waals surface area contributed by atoms with E-state index in [-0.39, 0.29) is 13.2 Å². The fourth-order valence-corrected chi connectivity index (χ4v) is 2.81. The summed E-state index contributed by atoms with van der Waals surface area (Å²) in [6.45, 7) is 0. The summed E-state index contributed by atoms with van der Waals surface area (Å²) < 4.78 is 0. The Morgan fingerprint density at radius 1 is 1.13 bits per heavy atom. The monoisotopic (exact) mass is 368 g/mol. The van der Waals surface area contributed by atoms with Crippen LogP contribution in [0.2, 0.25) is 0 Å². The molecule has 1 unspecified atom stereocenters. The van der Waals surface area contributed by atoms with Crippen LogP contribution in [0.15, 0.2) is 56.1 Å². The van der Waals surface area contributed by atoms with E-state index in [1.807, 2.05) is 18.2 Å². The molecule has 3 rings (SSSR count). The van der Waals surface area contributed by atoms with Gasteiger partial charge in [0.15, 0.2) is 11.6 Å². The molecule has 1 heterocycles. The lowest BCUT2D eigenvalue weighted by Gasteiger charge is -2.10. The first-order valence-corrected chi connectivity index (χ1v) is 7.59. The van der Waals surface area contributed by atoms with Crippen molar-refractivity contribution in [2.45, 2.75) is 28.3 Å². The van der Waals surface area contributed by atoms with Crippen molar-refractivity contribution in [1.29, 1.82) is 0 Å². The molecule has 5 nitrogen and oxygen atoms in total. The molecule has 0 fully saturated rings. The Labute approximate surface area is 150 Å². The number of benzene rings is 2. The molecule has 1 aliphatic heterocycles. The summed E-state index contributed by atoms with van der Waals surface area (Å²) in [6.07, 6.45) is -0.549. The van der Waals surface area contributed by atoms with Gasteiger partial charge in [0.05, 0.1) is 5.56 Å². The van der Waals surface area contributed by atoms with Crippen LogP contribution in [0.25, 0.3) is 0 Å². The van der Waals surface area contributed by atoms with E-state index in [0.29, 0.717) is 26.1 Å². The zero-order valence-corrected chi connectivity index (χ0v) is 13.8. The molecule has 0 saturated heterocycles. The molecule has 2 aromatic rings. The molecule has 122 valence electrons. The Hall–Kier alpha value is -1.32. The smallest absolute Gasteiger partial charge is 0.202 e. The molecule has 0 spiro atoms. The van der Waals surface area contributed by atoms with Crippen molar-refractivity contribution < 1.29 is 15.0 Å². The minimum Gasteiger partial charge on any atom is -0.339 e. The van der Waals surface area contributed by atoms with Gasteiger partial charge in [0.2, 0.25) is 6.23 Å². The minimum atomic E-state index is -0.549. The second kappa shape index (κ2) is 7.50. The third kappa shape index (κ3) is 3.61. The molecule has 0 aliphatic carbocycles. The molecule has 2 aromatic carbocycles. The highest BCUT2D eigenvalue weighted by Crippen LogP contribution is 2.33. The lowest BCUT2D eigenvalue weighted by Crippen LogP contribution is -2.18. The molecule has 23 heavy (non-hydrogen) atoms. The van der Waals surface area contributed by atoms with Gasteiger partial charge in [-0.1, -0.05) is 19.6 Å². The zero-order chi connectivity index (χ0) is 15.7. The van der Waals surface area contributed by atoms with E-state index >= 15 is 0 Å². The van der Waals surface area contributed by atoms with Crippen molar-refractivity contribution in [1.82, 2.24) is 5.48 Å². The summed E-state index contributed by atoms with van der Waals surface area (Å²) in [4.78, 5) is 16.3. The highest BCUT2D eigenvalue weighted by Gasteiger charge is 2.24. The summed E-state index contributed by atoms with van der Waals surface area (Å²) in [5.41, 5.74) is 4.12. The molecular formula is C15H16N2O3S3. The number of para-hydroxylation sites is 1. The minimum absolute atomic E-state index is 0. The normalized spacial score (nSPS) is 16.3. The summed E-state index contributed by atoms with van der Waals surface area (Å²) in [5.74, 6) is 0.750. The van der Waals surface area contributed by atoms with Crippen molar-refractivity contribution in [2.24, 2.45) is 4.99 Å². The number of hydrogen-bond donors (Lipinski definition) is 5. The van der Waals surface area contributed by atoms with E-state index in [2.05, 4.69) is 53.2 Å². The van der Waals surface area contributed by atoms with E-state index in [4.69, 9.17) is 10.1 Å². The van der Waals surface area contributed by atoms with Crippen LogP contribution in [0.1, 0.15) is 24.8 Å². The zero-order valence-electron chi connectivity index (χ0n) is 11.1. The highest BCUT2D eigenvalue weighted by atomic mass is 32.1. The maximum atomic E-state index is 8.91. The number of thiol groups is 3. The van der Waals surface area contributed by atoms with Crippen LogP contribution in [0.3, 0.4) is 0 Å². The van der Waals surface area contributed by atoms with Crippen LogP contribution in [0, 0.1) is 0 Å². The Kier molecular flexibility index (Phi) is 5.88. The van der Waals surface area contributed by atoms with Crippen LogP contribution in [0.5, 0.6) is 5.75 Å². The average Bonchev–Trinajstić information content (AvgIpc) is 3.02. The van der Waals surface area contributed by atoms with E-state index in [0.717, 1.165) is 5.56 Å². The SMILES string of the molecule is C.OOc1ccccc1C1=NC(c2cc(S)c(S)c(S)c2)ON1. The maximum absolute atomic E-state index is 8.91. The van der Waals surface area contributed by atoms with Crippen molar-refractivity contribution in [3.8, 4) is 5.75 Å². The maximum Gasteiger partial charge on any atom is 0.202 e. The Morgan fingerprint density at radius 3 is 2.43 bits per heavy atom. The van der Waals surface area contributed by atoms with Gasteiger partial charge in [-0.2, -0.15) is 0 Å². The molecule has 0 aromatic heterocycles. The Balaban J connectivity index is 0.00000192. The molecule has 0 saturated carbocycles. The average molecular weight is 369 g/mol. The predicted octanol–water partition coefficient (Wildman–Crippen LogP) is 4.02. The van der Waals surface area contributed by atoms with Crippen molar-refractivity contribution in [3.05, 3.63) is 47.5 Å². The number of hydroxylamine groups is 1. The summed E-state index contributed by atoms with van der Waals surface area (Å²) in [5, 5.41) is 8.91. The number of rotatable bonds is 3. The first-order chi connectivity index (χ1) is 10.6. The van der Waals surface area contributed by atoms with Gasteiger partial charge < -0.3 is 4.89 Å². The molecule has 1 atom stereocenters. The van der Waals surface area contributed by atoms with Gasteiger partial charge in [-0.15, -0.1) is 37.9 Å². The largest absolute Gasteiger partial charge is 0.339 e. The lowest BCUT2D eigenvalue weighted by atomic mass is 10.1. The van der Waals surface area contributed by atoms with Crippen molar-refractivity contribution >= 4 is 43.7 Å². The first-order valence-electron chi connectivity index (χ1n) is 6.25. The quantitative estimate of drug-likeness (QED) is 0.323.